The standard InChI is InChI=1S/C16H22N6O3/c1-12-8-16(25-20-12)18-15(23)11-22-6-7-24-13(10-22)9-21(2)14-4-3-5-17-19-14/h3-5,8,13H,6-7,9-11H2,1-2H3,(H,18,23). The lowest BCUT2D eigenvalue weighted by atomic mass is 10.2. The number of morpholine rings is 1. The Morgan fingerprint density at radius 3 is 3.12 bits per heavy atom. The lowest BCUT2D eigenvalue weighted by Crippen LogP contribution is -2.49. The number of nitrogens with zero attached hydrogens (tertiary/aromatic N) is 5. The van der Waals surface area contributed by atoms with Crippen LogP contribution in [0.15, 0.2) is 28.9 Å². The molecule has 9 heteroatoms. The number of hydrogen-bond acceptors (Lipinski definition) is 8. The van der Waals surface area contributed by atoms with Crippen molar-refractivity contribution in [3.8, 4) is 0 Å². The summed E-state index contributed by atoms with van der Waals surface area (Å²) in [6, 6.07) is 5.44. The van der Waals surface area contributed by atoms with E-state index in [-0.39, 0.29) is 18.6 Å². The summed E-state index contributed by atoms with van der Waals surface area (Å²) in [5.41, 5.74) is 0.730. The summed E-state index contributed by atoms with van der Waals surface area (Å²) in [5.74, 6) is 1.04. The highest BCUT2D eigenvalue weighted by Gasteiger charge is 2.24. The average Bonchev–Trinajstić information content (AvgIpc) is 3.00. The second-order valence-electron chi connectivity index (χ2n) is 6.07. The van der Waals surface area contributed by atoms with Crippen molar-refractivity contribution in [2.24, 2.45) is 0 Å². The van der Waals surface area contributed by atoms with Gasteiger partial charge in [-0.3, -0.25) is 15.0 Å². The van der Waals surface area contributed by atoms with Gasteiger partial charge in [-0.25, -0.2) is 0 Å². The quantitative estimate of drug-likeness (QED) is 0.810. The van der Waals surface area contributed by atoms with Crippen LogP contribution in [0.3, 0.4) is 0 Å². The molecule has 1 saturated heterocycles. The number of nitrogens with one attached hydrogen (secondary N) is 1. The van der Waals surface area contributed by atoms with Gasteiger partial charge in [0.15, 0.2) is 5.82 Å². The van der Waals surface area contributed by atoms with Crippen LogP contribution in [0.2, 0.25) is 0 Å². The third kappa shape index (κ3) is 4.97. The van der Waals surface area contributed by atoms with E-state index in [4.69, 9.17) is 9.26 Å². The first kappa shape index (κ1) is 17.3. The topological polar surface area (TPSA) is 96.6 Å². The second kappa shape index (κ2) is 8.04. The maximum Gasteiger partial charge on any atom is 0.240 e. The smallest absolute Gasteiger partial charge is 0.240 e. The lowest BCUT2D eigenvalue weighted by Gasteiger charge is -2.34. The van der Waals surface area contributed by atoms with Gasteiger partial charge < -0.3 is 14.2 Å². The van der Waals surface area contributed by atoms with Crippen LogP contribution in [0, 0.1) is 6.92 Å². The molecule has 25 heavy (non-hydrogen) atoms. The van der Waals surface area contributed by atoms with Crippen LogP contribution in [-0.4, -0.2) is 72.1 Å². The normalized spacial score (nSPS) is 18.1. The van der Waals surface area contributed by atoms with Crippen LogP contribution in [0.1, 0.15) is 5.69 Å². The van der Waals surface area contributed by atoms with Crippen molar-refractivity contribution >= 4 is 17.6 Å². The SMILES string of the molecule is Cc1cc(NC(=O)CN2CCOC(CN(C)c3cccnn3)C2)on1. The van der Waals surface area contributed by atoms with Crippen molar-refractivity contribution in [3.05, 3.63) is 30.1 Å². The number of anilines is 2. The number of amides is 1. The molecule has 2 aromatic heterocycles. The maximum atomic E-state index is 12.1. The van der Waals surface area contributed by atoms with E-state index in [9.17, 15) is 4.79 Å². The predicted molar refractivity (Wildman–Crippen MR) is 91.4 cm³/mol. The highest BCUT2D eigenvalue weighted by molar-refractivity contribution is 5.90. The van der Waals surface area contributed by atoms with Crippen molar-refractivity contribution in [1.29, 1.82) is 0 Å². The number of ether oxygens (including phenoxy) is 1. The van der Waals surface area contributed by atoms with Crippen LogP contribution < -0.4 is 10.2 Å². The Morgan fingerprint density at radius 1 is 1.52 bits per heavy atom. The molecule has 0 aromatic carbocycles. The summed E-state index contributed by atoms with van der Waals surface area (Å²) < 4.78 is 10.8. The first-order chi connectivity index (χ1) is 12.1. The van der Waals surface area contributed by atoms with Crippen molar-refractivity contribution < 1.29 is 14.1 Å². The van der Waals surface area contributed by atoms with Gasteiger partial charge in [0.2, 0.25) is 11.8 Å². The summed E-state index contributed by atoms with van der Waals surface area (Å²) in [5, 5.41) is 14.4. The minimum atomic E-state index is -0.126. The van der Waals surface area contributed by atoms with E-state index in [1.54, 1.807) is 19.2 Å². The fourth-order valence-electron chi connectivity index (χ4n) is 2.73. The number of hydrogen-bond donors (Lipinski definition) is 1. The molecule has 1 N–H and O–H groups in total. The van der Waals surface area contributed by atoms with E-state index in [1.165, 1.54) is 0 Å². The Kier molecular flexibility index (Phi) is 5.56. The zero-order chi connectivity index (χ0) is 17.6. The van der Waals surface area contributed by atoms with Crippen molar-refractivity contribution in [2.45, 2.75) is 13.0 Å². The molecule has 0 aliphatic carbocycles. The number of carbonyl (C=O) groups excluding carboxylic acids is 1. The predicted octanol–water partition coefficient (Wildman–Crippen LogP) is 0.549. The zero-order valence-corrected chi connectivity index (χ0v) is 14.4. The maximum absolute atomic E-state index is 12.1. The Hall–Kier alpha value is -2.52. The molecule has 9 nitrogen and oxygen atoms in total. The summed E-state index contributed by atoms with van der Waals surface area (Å²) in [4.78, 5) is 16.2. The molecule has 1 unspecified atom stereocenters. The number of aromatic nitrogens is 3. The van der Waals surface area contributed by atoms with Crippen LogP contribution in [-0.2, 0) is 9.53 Å². The number of aryl methyl sites for hydroxylation is 1. The molecule has 3 heterocycles. The van der Waals surface area contributed by atoms with E-state index in [1.807, 2.05) is 24.1 Å². The summed E-state index contributed by atoms with van der Waals surface area (Å²) in [6.45, 7) is 4.75. The van der Waals surface area contributed by atoms with Gasteiger partial charge in [0.25, 0.3) is 0 Å². The van der Waals surface area contributed by atoms with E-state index in [0.717, 1.165) is 11.5 Å². The highest BCUT2D eigenvalue weighted by Crippen LogP contribution is 2.12. The molecule has 1 aliphatic rings. The zero-order valence-electron chi connectivity index (χ0n) is 14.4. The molecule has 0 saturated carbocycles. The second-order valence-corrected chi connectivity index (χ2v) is 6.07. The van der Waals surface area contributed by atoms with Gasteiger partial charge in [0.05, 0.1) is 24.9 Å². The Morgan fingerprint density at radius 2 is 2.40 bits per heavy atom. The molecule has 1 amide bonds. The summed E-state index contributed by atoms with van der Waals surface area (Å²) in [7, 11) is 1.95. The molecule has 2 aromatic rings. The first-order valence-electron chi connectivity index (χ1n) is 8.16. The van der Waals surface area contributed by atoms with E-state index in [0.29, 0.717) is 32.1 Å². The Bertz CT molecular complexity index is 692. The monoisotopic (exact) mass is 346 g/mol. The third-order valence-electron chi connectivity index (χ3n) is 3.91. The largest absolute Gasteiger partial charge is 0.374 e. The minimum absolute atomic E-state index is 0.00100. The molecule has 0 radical (unpaired) electrons. The van der Waals surface area contributed by atoms with Crippen molar-refractivity contribution in [3.63, 3.8) is 0 Å². The van der Waals surface area contributed by atoms with Gasteiger partial charge in [-0.2, -0.15) is 5.10 Å². The molecule has 3 rings (SSSR count). The van der Waals surface area contributed by atoms with Crippen LogP contribution >= 0.6 is 0 Å². The van der Waals surface area contributed by atoms with Gasteiger partial charge in [-0.1, -0.05) is 5.16 Å². The average molecular weight is 346 g/mol. The van der Waals surface area contributed by atoms with Gasteiger partial charge in [-0.15, -0.1) is 5.10 Å². The fraction of sp³-hybridized carbons (Fsp3) is 0.500. The molecule has 1 atom stereocenters. The number of carbonyl (C=O) groups is 1. The molecule has 0 spiro atoms. The van der Waals surface area contributed by atoms with E-state index in [2.05, 4.69) is 25.6 Å². The first-order valence-corrected chi connectivity index (χ1v) is 8.16. The van der Waals surface area contributed by atoms with Gasteiger partial charge >= 0.3 is 0 Å². The van der Waals surface area contributed by atoms with Gasteiger partial charge in [-0.05, 0) is 19.1 Å². The fourth-order valence-corrected chi connectivity index (χ4v) is 2.73. The Balaban J connectivity index is 1.48. The molecule has 134 valence electrons. The number of rotatable bonds is 6. The van der Waals surface area contributed by atoms with Crippen molar-refractivity contribution in [1.82, 2.24) is 20.3 Å². The lowest BCUT2D eigenvalue weighted by molar-refractivity contribution is -0.119. The molecule has 0 bridgehead atoms. The summed E-state index contributed by atoms with van der Waals surface area (Å²) in [6.07, 6.45) is 1.64. The Labute approximate surface area is 145 Å². The molecular formula is C16H22N6O3. The van der Waals surface area contributed by atoms with Crippen molar-refractivity contribution in [2.75, 3.05) is 50.1 Å². The van der Waals surface area contributed by atoms with E-state index < -0.39 is 0 Å². The molecule has 1 aliphatic heterocycles. The highest BCUT2D eigenvalue weighted by atomic mass is 16.5. The van der Waals surface area contributed by atoms with Crippen LogP contribution in [0.25, 0.3) is 0 Å². The van der Waals surface area contributed by atoms with Gasteiger partial charge in [0.1, 0.15) is 0 Å². The van der Waals surface area contributed by atoms with Crippen LogP contribution in [0.4, 0.5) is 11.7 Å². The van der Waals surface area contributed by atoms with Gasteiger partial charge in [0, 0.05) is 38.9 Å². The van der Waals surface area contributed by atoms with E-state index >= 15 is 0 Å². The van der Waals surface area contributed by atoms with Crippen LogP contribution in [0.5, 0.6) is 0 Å². The molecular weight excluding hydrogens is 324 g/mol. The third-order valence-corrected chi connectivity index (χ3v) is 3.91. The minimum Gasteiger partial charge on any atom is -0.374 e. The number of likely N-dealkylation sites (N-methyl/N-ethyl adjacent to an activating group) is 1. The summed E-state index contributed by atoms with van der Waals surface area (Å²) >= 11 is 0. The molecule has 1 fully saturated rings.